The molecule has 2 saturated carbocycles. The second-order valence-electron chi connectivity index (χ2n) is 5.13. The van der Waals surface area contributed by atoms with Crippen LogP contribution >= 0.6 is 0 Å². The van der Waals surface area contributed by atoms with Gasteiger partial charge in [0.15, 0.2) is 0 Å². The number of cyclic esters (lactones) is 1. The van der Waals surface area contributed by atoms with Gasteiger partial charge in [0, 0.05) is 19.1 Å². The summed E-state index contributed by atoms with van der Waals surface area (Å²) >= 11 is 0. The number of esters is 1. The molecular weight excluding hydrogens is 192 g/mol. The van der Waals surface area contributed by atoms with Crippen LogP contribution in [0.25, 0.3) is 0 Å². The molecule has 5 atom stereocenters. The molecule has 15 heavy (non-hydrogen) atoms. The van der Waals surface area contributed by atoms with Gasteiger partial charge in [-0.3, -0.25) is 4.79 Å². The third-order valence-corrected chi connectivity index (χ3v) is 4.53. The van der Waals surface area contributed by atoms with E-state index in [0.717, 1.165) is 13.2 Å². The fourth-order valence-electron chi connectivity index (χ4n) is 3.97. The fourth-order valence-corrected chi connectivity index (χ4v) is 3.97. The Labute approximate surface area is 90.1 Å². The lowest BCUT2D eigenvalue weighted by atomic mass is 9.76. The van der Waals surface area contributed by atoms with E-state index in [0.29, 0.717) is 30.3 Å². The summed E-state index contributed by atoms with van der Waals surface area (Å²) < 4.78 is 10.7. The molecule has 0 aromatic rings. The van der Waals surface area contributed by atoms with Gasteiger partial charge in [0.2, 0.25) is 0 Å². The summed E-state index contributed by atoms with van der Waals surface area (Å²) in [7, 11) is 0. The highest BCUT2D eigenvalue weighted by Crippen LogP contribution is 2.57. The van der Waals surface area contributed by atoms with Crippen molar-refractivity contribution in [1.29, 1.82) is 0 Å². The summed E-state index contributed by atoms with van der Waals surface area (Å²) in [4.78, 5) is 11.5. The molecule has 2 aliphatic carbocycles. The Morgan fingerprint density at radius 3 is 3.07 bits per heavy atom. The second-order valence-corrected chi connectivity index (χ2v) is 5.13. The molecule has 0 N–H and O–H groups in total. The zero-order chi connectivity index (χ0) is 10.4. The molecule has 3 rings (SSSR count). The smallest absolute Gasteiger partial charge is 0.309 e. The van der Waals surface area contributed by atoms with Gasteiger partial charge in [0.25, 0.3) is 0 Å². The van der Waals surface area contributed by atoms with Crippen molar-refractivity contribution >= 4 is 5.97 Å². The van der Waals surface area contributed by atoms with E-state index in [1.54, 1.807) is 0 Å². The summed E-state index contributed by atoms with van der Waals surface area (Å²) in [6.07, 6.45) is 2.42. The van der Waals surface area contributed by atoms with Gasteiger partial charge in [0.05, 0.1) is 12.5 Å². The van der Waals surface area contributed by atoms with Crippen molar-refractivity contribution in [3.63, 3.8) is 0 Å². The van der Waals surface area contributed by atoms with Crippen molar-refractivity contribution < 1.29 is 14.3 Å². The number of fused-ring (bicyclic) bond motifs is 5. The molecule has 5 unspecified atom stereocenters. The first-order chi connectivity index (χ1) is 7.31. The molecule has 84 valence electrons. The summed E-state index contributed by atoms with van der Waals surface area (Å²) in [5.74, 6) is 2.81. The minimum absolute atomic E-state index is 0.0716. The van der Waals surface area contributed by atoms with E-state index < -0.39 is 0 Å². The highest BCUT2D eigenvalue weighted by molar-refractivity contribution is 5.76. The Kier molecular flexibility index (Phi) is 2.23. The van der Waals surface area contributed by atoms with Crippen LogP contribution in [0, 0.1) is 29.6 Å². The number of rotatable bonds is 3. The average molecular weight is 210 g/mol. The maximum Gasteiger partial charge on any atom is 0.309 e. The van der Waals surface area contributed by atoms with Crippen molar-refractivity contribution in [3.05, 3.63) is 0 Å². The van der Waals surface area contributed by atoms with Crippen LogP contribution in [-0.4, -0.2) is 25.8 Å². The van der Waals surface area contributed by atoms with Gasteiger partial charge in [-0.25, -0.2) is 0 Å². The molecule has 1 heterocycles. The third kappa shape index (κ3) is 1.32. The molecule has 3 fully saturated rings. The normalized spacial score (nSPS) is 47.0. The Hall–Kier alpha value is -0.570. The largest absolute Gasteiger partial charge is 0.465 e. The zero-order valence-corrected chi connectivity index (χ0v) is 9.15. The molecule has 0 radical (unpaired) electrons. The Bertz CT molecular complexity index is 276. The number of carbonyl (C=O) groups excluding carboxylic acids is 1. The molecule has 0 aromatic heterocycles. The monoisotopic (exact) mass is 210 g/mol. The van der Waals surface area contributed by atoms with Crippen LogP contribution in [0.15, 0.2) is 0 Å². The number of ether oxygens (including phenoxy) is 2. The van der Waals surface area contributed by atoms with Crippen LogP contribution in [0.4, 0.5) is 0 Å². The Morgan fingerprint density at radius 1 is 1.40 bits per heavy atom. The molecule has 3 aliphatic rings. The summed E-state index contributed by atoms with van der Waals surface area (Å²) in [5.41, 5.74) is 0. The molecule has 2 bridgehead atoms. The van der Waals surface area contributed by atoms with Gasteiger partial charge in [-0.1, -0.05) is 0 Å². The molecule has 3 nitrogen and oxygen atoms in total. The minimum atomic E-state index is 0.0716. The van der Waals surface area contributed by atoms with Crippen LogP contribution in [0.3, 0.4) is 0 Å². The van der Waals surface area contributed by atoms with Crippen molar-refractivity contribution in [2.75, 3.05) is 19.8 Å². The maximum absolute atomic E-state index is 11.5. The Morgan fingerprint density at radius 2 is 2.27 bits per heavy atom. The first-order valence-corrected chi connectivity index (χ1v) is 6.05. The Balaban J connectivity index is 1.69. The SMILES string of the molecule is CCOCC1CC2CC1C1COC(=O)C21. The van der Waals surface area contributed by atoms with E-state index in [9.17, 15) is 4.79 Å². The number of hydrogen-bond acceptors (Lipinski definition) is 3. The minimum Gasteiger partial charge on any atom is -0.465 e. The lowest BCUT2D eigenvalue weighted by molar-refractivity contribution is -0.142. The quantitative estimate of drug-likeness (QED) is 0.662. The second kappa shape index (κ2) is 3.48. The molecular formula is C12H18O3. The first-order valence-electron chi connectivity index (χ1n) is 6.05. The van der Waals surface area contributed by atoms with Crippen LogP contribution < -0.4 is 0 Å². The van der Waals surface area contributed by atoms with E-state index in [2.05, 4.69) is 0 Å². The van der Waals surface area contributed by atoms with E-state index in [-0.39, 0.29) is 11.9 Å². The van der Waals surface area contributed by atoms with Crippen molar-refractivity contribution in [2.24, 2.45) is 29.6 Å². The van der Waals surface area contributed by atoms with Gasteiger partial charge in [-0.2, -0.15) is 0 Å². The van der Waals surface area contributed by atoms with Crippen molar-refractivity contribution in [1.82, 2.24) is 0 Å². The van der Waals surface area contributed by atoms with Crippen LogP contribution in [0.5, 0.6) is 0 Å². The molecule has 0 amide bonds. The topological polar surface area (TPSA) is 35.5 Å². The van der Waals surface area contributed by atoms with E-state index in [1.165, 1.54) is 12.8 Å². The van der Waals surface area contributed by atoms with Crippen LogP contribution in [0.2, 0.25) is 0 Å². The van der Waals surface area contributed by atoms with E-state index >= 15 is 0 Å². The molecule has 1 aliphatic heterocycles. The summed E-state index contributed by atoms with van der Waals surface area (Å²) in [6, 6.07) is 0. The number of hydrogen-bond donors (Lipinski definition) is 0. The predicted octanol–water partition coefficient (Wildman–Crippen LogP) is 1.47. The molecule has 3 heteroatoms. The highest BCUT2D eigenvalue weighted by Gasteiger charge is 2.58. The standard InChI is InChI=1S/C12H18O3/c1-2-14-5-8-3-7-4-9(8)10-6-15-12(13)11(7)10/h7-11H,2-6H2,1H3. The highest BCUT2D eigenvalue weighted by atomic mass is 16.5. The first kappa shape index (κ1) is 9.64. The summed E-state index contributed by atoms with van der Waals surface area (Å²) in [5, 5.41) is 0. The van der Waals surface area contributed by atoms with Gasteiger partial charge >= 0.3 is 5.97 Å². The third-order valence-electron chi connectivity index (χ3n) is 4.53. The molecule has 0 spiro atoms. The van der Waals surface area contributed by atoms with Crippen molar-refractivity contribution in [2.45, 2.75) is 19.8 Å². The van der Waals surface area contributed by atoms with E-state index in [4.69, 9.17) is 9.47 Å². The van der Waals surface area contributed by atoms with Crippen LogP contribution in [0.1, 0.15) is 19.8 Å². The fraction of sp³-hybridized carbons (Fsp3) is 0.917. The lowest BCUT2D eigenvalue weighted by Crippen LogP contribution is -2.30. The maximum atomic E-state index is 11.5. The van der Waals surface area contributed by atoms with Crippen LogP contribution in [-0.2, 0) is 14.3 Å². The van der Waals surface area contributed by atoms with E-state index in [1.807, 2.05) is 6.92 Å². The molecule has 1 saturated heterocycles. The van der Waals surface area contributed by atoms with Gasteiger partial charge in [-0.05, 0) is 37.5 Å². The zero-order valence-electron chi connectivity index (χ0n) is 9.15. The molecule has 0 aromatic carbocycles. The average Bonchev–Trinajstić information content (AvgIpc) is 2.87. The van der Waals surface area contributed by atoms with Crippen molar-refractivity contribution in [3.8, 4) is 0 Å². The van der Waals surface area contributed by atoms with Gasteiger partial charge < -0.3 is 9.47 Å². The summed E-state index contributed by atoms with van der Waals surface area (Å²) in [6.45, 7) is 4.40. The van der Waals surface area contributed by atoms with Gasteiger partial charge in [-0.15, -0.1) is 0 Å². The van der Waals surface area contributed by atoms with Gasteiger partial charge in [0.1, 0.15) is 0 Å². The number of carbonyl (C=O) groups is 1. The lowest BCUT2D eigenvalue weighted by Gasteiger charge is -2.28. The predicted molar refractivity (Wildman–Crippen MR) is 54.1 cm³/mol.